The third kappa shape index (κ3) is 3.17. The first-order chi connectivity index (χ1) is 12.2. The van der Waals surface area contributed by atoms with Gasteiger partial charge in [-0.05, 0) is 38.0 Å². The second-order valence-electron chi connectivity index (χ2n) is 6.41. The summed E-state index contributed by atoms with van der Waals surface area (Å²) in [5.74, 6) is -0.0620. The second kappa shape index (κ2) is 6.51. The third-order valence-corrected chi connectivity index (χ3v) is 4.61. The molecule has 0 bridgehead atoms. The Morgan fingerprint density at radius 3 is 2.88 bits per heavy atom. The van der Waals surface area contributed by atoms with Crippen LogP contribution in [0.1, 0.15) is 28.9 Å². The van der Waals surface area contributed by atoms with E-state index in [9.17, 15) is 4.79 Å². The number of hydrogen-bond donors (Lipinski definition) is 0. The molecule has 128 valence electrons. The van der Waals surface area contributed by atoms with Gasteiger partial charge in [0.25, 0.3) is 5.91 Å². The van der Waals surface area contributed by atoms with Gasteiger partial charge in [-0.1, -0.05) is 22.9 Å². The number of carbonyl (C=O) groups excluding carboxylic acids is 1. The maximum Gasteiger partial charge on any atom is 0.276 e. The topological polar surface area (TPSA) is 68.8 Å². The smallest absolute Gasteiger partial charge is 0.276 e. The number of hydrogen-bond acceptors (Lipinski definition) is 4. The molecule has 1 saturated heterocycles. The number of aryl methyl sites for hydroxylation is 1. The maximum absolute atomic E-state index is 12.9. The zero-order valence-corrected chi connectivity index (χ0v) is 14.1. The highest BCUT2D eigenvalue weighted by Crippen LogP contribution is 2.21. The standard InChI is InChI=1S/C18H20N6O/c1-14-5-7-15(8-6-14)24-13-17(20-21-24)18(25)23-11-2-4-16(23)12-22-10-3-9-19-22/h3,5-10,13,16H,2,4,11-12H2,1H3/t16-/m0/s1. The summed E-state index contributed by atoms with van der Waals surface area (Å²) >= 11 is 0. The van der Waals surface area contributed by atoms with Crippen LogP contribution in [-0.4, -0.2) is 48.2 Å². The van der Waals surface area contributed by atoms with Crippen LogP contribution < -0.4 is 0 Å². The Morgan fingerprint density at radius 1 is 1.28 bits per heavy atom. The molecule has 0 aliphatic carbocycles. The van der Waals surface area contributed by atoms with Crippen LogP contribution in [0.4, 0.5) is 0 Å². The summed E-state index contributed by atoms with van der Waals surface area (Å²) in [5, 5.41) is 12.4. The van der Waals surface area contributed by atoms with E-state index in [4.69, 9.17) is 0 Å². The molecule has 4 rings (SSSR count). The molecule has 0 unspecified atom stereocenters. The van der Waals surface area contributed by atoms with E-state index < -0.39 is 0 Å². The largest absolute Gasteiger partial charge is 0.332 e. The molecule has 0 N–H and O–H groups in total. The van der Waals surface area contributed by atoms with Crippen molar-refractivity contribution in [1.82, 2.24) is 29.7 Å². The lowest BCUT2D eigenvalue weighted by molar-refractivity contribution is 0.0715. The highest BCUT2D eigenvalue weighted by molar-refractivity contribution is 5.92. The fourth-order valence-electron chi connectivity index (χ4n) is 3.25. The molecule has 3 heterocycles. The predicted molar refractivity (Wildman–Crippen MR) is 92.4 cm³/mol. The molecule has 1 aromatic carbocycles. The van der Waals surface area contributed by atoms with E-state index in [1.54, 1.807) is 17.1 Å². The highest BCUT2D eigenvalue weighted by atomic mass is 16.2. The molecule has 0 radical (unpaired) electrons. The Hall–Kier alpha value is -2.96. The number of rotatable bonds is 4. The van der Waals surface area contributed by atoms with E-state index in [1.165, 1.54) is 5.56 Å². The number of carbonyl (C=O) groups is 1. The molecule has 7 nitrogen and oxygen atoms in total. The maximum atomic E-state index is 12.9. The van der Waals surface area contributed by atoms with Crippen molar-refractivity contribution < 1.29 is 4.79 Å². The molecule has 0 spiro atoms. The Morgan fingerprint density at radius 2 is 2.12 bits per heavy atom. The van der Waals surface area contributed by atoms with Crippen LogP contribution in [-0.2, 0) is 6.54 Å². The van der Waals surface area contributed by atoms with Crippen LogP contribution in [0.5, 0.6) is 0 Å². The van der Waals surface area contributed by atoms with E-state index in [0.717, 1.165) is 25.1 Å². The lowest BCUT2D eigenvalue weighted by atomic mass is 10.2. The van der Waals surface area contributed by atoms with Crippen molar-refractivity contribution in [1.29, 1.82) is 0 Å². The zero-order chi connectivity index (χ0) is 17.2. The van der Waals surface area contributed by atoms with Crippen molar-refractivity contribution in [3.8, 4) is 5.69 Å². The third-order valence-electron chi connectivity index (χ3n) is 4.61. The van der Waals surface area contributed by atoms with E-state index >= 15 is 0 Å². The molecule has 1 aliphatic rings. The van der Waals surface area contributed by atoms with Gasteiger partial charge in [-0.15, -0.1) is 5.10 Å². The van der Waals surface area contributed by atoms with Crippen LogP contribution in [0.3, 0.4) is 0 Å². The normalized spacial score (nSPS) is 17.2. The van der Waals surface area contributed by atoms with Crippen molar-refractivity contribution in [2.24, 2.45) is 0 Å². The second-order valence-corrected chi connectivity index (χ2v) is 6.41. The molecule has 1 aliphatic heterocycles. The van der Waals surface area contributed by atoms with Gasteiger partial charge < -0.3 is 4.90 Å². The van der Waals surface area contributed by atoms with Crippen LogP contribution in [0.2, 0.25) is 0 Å². The molecule has 7 heteroatoms. The minimum atomic E-state index is -0.0620. The van der Waals surface area contributed by atoms with Gasteiger partial charge in [0.1, 0.15) is 0 Å². The van der Waals surface area contributed by atoms with Gasteiger partial charge in [0.2, 0.25) is 0 Å². The summed E-state index contributed by atoms with van der Waals surface area (Å²) < 4.78 is 3.52. The Bertz CT molecular complexity index is 852. The van der Waals surface area contributed by atoms with Gasteiger partial charge in [-0.25, -0.2) is 4.68 Å². The molecule has 1 fully saturated rings. The van der Waals surface area contributed by atoms with E-state index in [-0.39, 0.29) is 11.9 Å². The Balaban J connectivity index is 1.51. The van der Waals surface area contributed by atoms with Crippen LogP contribution >= 0.6 is 0 Å². The van der Waals surface area contributed by atoms with Crippen molar-refractivity contribution in [2.45, 2.75) is 32.4 Å². The van der Waals surface area contributed by atoms with Gasteiger partial charge >= 0.3 is 0 Å². The molecule has 3 aromatic rings. The fraction of sp³-hybridized carbons (Fsp3) is 0.333. The Kier molecular flexibility index (Phi) is 4.05. The Labute approximate surface area is 145 Å². The SMILES string of the molecule is Cc1ccc(-n2cc(C(=O)N3CCC[C@H]3Cn3cccn3)nn2)cc1. The number of likely N-dealkylation sites (tertiary alicyclic amines) is 1. The molecule has 0 saturated carbocycles. The molecule has 1 amide bonds. The fourth-order valence-corrected chi connectivity index (χ4v) is 3.25. The molecular weight excluding hydrogens is 316 g/mol. The summed E-state index contributed by atoms with van der Waals surface area (Å²) in [6.45, 7) is 3.50. The molecular formula is C18H20N6O. The van der Waals surface area contributed by atoms with Crippen LogP contribution in [0.15, 0.2) is 48.9 Å². The quantitative estimate of drug-likeness (QED) is 0.731. The van der Waals surface area contributed by atoms with Gasteiger partial charge in [-0.3, -0.25) is 9.48 Å². The molecule has 2 aromatic heterocycles. The van der Waals surface area contributed by atoms with Crippen molar-refractivity contribution in [2.75, 3.05) is 6.54 Å². The average molecular weight is 336 g/mol. The first kappa shape index (κ1) is 15.6. The number of benzene rings is 1. The summed E-state index contributed by atoms with van der Waals surface area (Å²) in [6.07, 6.45) is 7.38. The molecule has 25 heavy (non-hydrogen) atoms. The number of nitrogens with zero attached hydrogens (tertiary/aromatic N) is 6. The summed E-state index contributed by atoms with van der Waals surface area (Å²) in [4.78, 5) is 14.8. The number of aromatic nitrogens is 5. The van der Waals surface area contributed by atoms with Crippen molar-refractivity contribution >= 4 is 5.91 Å². The summed E-state index contributed by atoms with van der Waals surface area (Å²) in [6, 6.07) is 10.0. The van der Waals surface area contributed by atoms with Gasteiger partial charge in [0.15, 0.2) is 5.69 Å². The number of amides is 1. The summed E-state index contributed by atoms with van der Waals surface area (Å²) in [5.41, 5.74) is 2.46. The lowest BCUT2D eigenvalue weighted by Gasteiger charge is -2.23. The first-order valence-electron chi connectivity index (χ1n) is 8.48. The predicted octanol–water partition coefficient (Wildman–Crippen LogP) is 2.08. The first-order valence-corrected chi connectivity index (χ1v) is 8.48. The van der Waals surface area contributed by atoms with E-state index in [2.05, 4.69) is 15.4 Å². The lowest BCUT2D eigenvalue weighted by Crippen LogP contribution is -2.38. The van der Waals surface area contributed by atoms with Gasteiger partial charge in [0, 0.05) is 18.9 Å². The van der Waals surface area contributed by atoms with Crippen LogP contribution in [0.25, 0.3) is 5.69 Å². The molecule has 1 atom stereocenters. The average Bonchev–Trinajstić information content (AvgIpc) is 3.37. The van der Waals surface area contributed by atoms with Crippen molar-refractivity contribution in [3.05, 3.63) is 60.2 Å². The van der Waals surface area contributed by atoms with E-state index in [1.807, 2.05) is 53.0 Å². The van der Waals surface area contributed by atoms with Crippen molar-refractivity contribution in [3.63, 3.8) is 0 Å². The summed E-state index contributed by atoms with van der Waals surface area (Å²) in [7, 11) is 0. The van der Waals surface area contributed by atoms with E-state index in [0.29, 0.717) is 12.2 Å². The van der Waals surface area contributed by atoms with Crippen LogP contribution in [0, 0.1) is 6.92 Å². The van der Waals surface area contributed by atoms with Gasteiger partial charge in [0.05, 0.1) is 24.5 Å². The monoisotopic (exact) mass is 336 g/mol. The minimum absolute atomic E-state index is 0.0620. The minimum Gasteiger partial charge on any atom is -0.332 e. The highest BCUT2D eigenvalue weighted by Gasteiger charge is 2.31. The van der Waals surface area contributed by atoms with Gasteiger partial charge in [-0.2, -0.15) is 5.10 Å². The zero-order valence-electron chi connectivity index (χ0n) is 14.1.